The Labute approximate surface area is 298 Å². The molecule has 2 unspecified atom stereocenters. The Hall–Kier alpha value is -5.70. The van der Waals surface area contributed by atoms with Crippen LogP contribution in [0.4, 0.5) is 11.4 Å². The lowest BCUT2D eigenvalue weighted by Crippen LogP contribution is -2.05. The van der Waals surface area contributed by atoms with Gasteiger partial charge in [-0.2, -0.15) is 0 Å². The summed E-state index contributed by atoms with van der Waals surface area (Å²) in [5.74, 6) is 0.746. The topological polar surface area (TPSA) is 12.0 Å². The van der Waals surface area contributed by atoms with Crippen LogP contribution in [0.15, 0.2) is 182 Å². The number of rotatable bonds is 7. The maximum Gasteiger partial charge on any atom is 0.0422 e. The van der Waals surface area contributed by atoms with E-state index in [1.807, 2.05) is 11.3 Å². The molecule has 6 aromatic carbocycles. The second-order valence-corrected chi connectivity index (χ2v) is 14.4. The highest BCUT2D eigenvalue weighted by Crippen LogP contribution is 2.40. The number of fused-ring (bicyclic) bond motifs is 3. The maximum atomic E-state index is 3.74. The Bertz CT molecular complexity index is 2470. The van der Waals surface area contributed by atoms with Crippen LogP contribution in [-0.4, -0.2) is 0 Å². The van der Waals surface area contributed by atoms with Crippen molar-refractivity contribution in [3.05, 3.63) is 199 Å². The van der Waals surface area contributed by atoms with Crippen LogP contribution in [-0.2, 0) is 0 Å². The van der Waals surface area contributed by atoms with Gasteiger partial charge in [-0.25, -0.2) is 0 Å². The zero-order valence-electron chi connectivity index (χ0n) is 27.8. The molecule has 2 aliphatic rings. The molecule has 0 amide bonds. The van der Waals surface area contributed by atoms with E-state index in [0.29, 0.717) is 5.92 Å². The fraction of sp³-hybridized carbons (Fsp3) is 0.0833. The van der Waals surface area contributed by atoms with E-state index in [0.717, 1.165) is 24.2 Å². The third-order valence-corrected chi connectivity index (χ3v) is 11.3. The Morgan fingerprint density at radius 1 is 0.520 bits per heavy atom. The third-order valence-electron chi connectivity index (χ3n) is 10.2. The van der Waals surface area contributed by atoms with Crippen LogP contribution in [0, 0.1) is 0 Å². The summed E-state index contributed by atoms with van der Waals surface area (Å²) in [6.07, 6.45) is 17.7. The summed E-state index contributed by atoms with van der Waals surface area (Å²) in [6.45, 7) is 0. The smallest absolute Gasteiger partial charge is 0.0422 e. The molecule has 0 saturated heterocycles. The first-order chi connectivity index (χ1) is 24.7. The van der Waals surface area contributed by atoms with Gasteiger partial charge in [-0.3, -0.25) is 0 Å². The minimum absolute atomic E-state index is 0.284. The van der Waals surface area contributed by atoms with Crippen molar-refractivity contribution in [2.75, 3.05) is 5.32 Å². The summed E-state index contributed by atoms with van der Waals surface area (Å²) < 4.78 is 2.68. The largest absolute Gasteiger partial charge is 0.355 e. The van der Waals surface area contributed by atoms with Gasteiger partial charge in [0.2, 0.25) is 0 Å². The van der Waals surface area contributed by atoms with E-state index in [9.17, 15) is 0 Å². The molecule has 0 saturated carbocycles. The fourth-order valence-corrected chi connectivity index (χ4v) is 8.61. The molecule has 2 aliphatic carbocycles. The van der Waals surface area contributed by atoms with Gasteiger partial charge < -0.3 is 5.32 Å². The molecule has 0 fully saturated rings. The quantitative estimate of drug-likeness (QED) is 0.180. The van der Waals surface area contributed by atoms with E-state index in [1.165, 1.54) is 64.7 Å². The first-order valence-corrected chi connectivity index (χ1v) is 18.4. The van der Waals surface area contributed by atoms with Crippen molar-refractivity contribution in [3.8, 4) is 22.3 Å². The van der Waals surface area contributed by atoms with Crippen molar-refractivity contribution >= 4 is 48.5 Å². The van der Waals surface area contributed by atoms with E-state index in [2.05, 4.69) is 187 Å². The summed E-state index contributed by atoms with van der Waals surface area (Å²) >= 11 is 1.87. The highest BCUT2D eigenvalue weighted by Gasteiger charge is 2.19. The number of hydrogen-bond donors (Lipinski definition) is 1. The first-order valence-electron chi connectivity index (χ1n) is 17.5. The summed E-state index contributed by atoms with van der Waals surface area (Å²) in [5.41, 5.74) is 12.6. The molecule has 2 heteroatoms. The lowest BCUT2D eigenvalue weighted by Gasteiger charge is -2.23. The second kappa shape index (κ2) is 13.3. The second-order valence-electron chi connectivity index (χ2n) is 13.3. The third kappa shape index (κ3) is 6.04. The Balaban J connectivity index is 0.947. The van der Waals surface area contributed by atoms with Gasteiger partial charge in [-0.15, -0.1) is 11.3 Å². The van der Waals surface area contributed by atoms with Gasteiger partial charge in [0.05, 0.1) is 0 Å². The highest BCUT2D eigenvalue weighted by atomic mass is 32.1. The van der Waals surface area contributed by atoms with Crippen LogP contribution in [0.5, 0.6) is 0 Å². The van der Waals surface area contributed by atoms with Gasteiger partial charge in [0, 0.05) is 43.4 Å². The standard InChI is InChI=1S/C48H37NS/c1-2-11-33(12-3-1)34-23-26-42(27-24-34)49-46-21-6-4-19-43(46)41-18-10-17-39(31-41)37-15-8-13-35(29-37)36-14-9-16-38(30-36)40-25-28-48-45(32-40)44-20-5-7-22-47(44)50-48/h1-11,13-30,32-33,41,49H,12,31H2. The molecule has 0 spiro atoms. The van der Waals surface area contributed by atoms with Crippen LogP contribution in [0.25, 0.3) is 48.0 Å². The van der Waals surface area contributed by atoms with Gasteiger partial charge in [-0.05, 0) is 106 Å². The van der Waals surface area contributed by atoms with E-state index in [1.54, 1.807) is 0 Å². The van der Waals surface area contributed by atoms with Crippen LogP contribution in [0.3, 0.4) is 0 Å². The number of anilines is 2. The van der Waals surface area contributed by atoms with Crippen molar-refractivity contribution in [1.29, 1.82) is 0 Å². The zero-order chi connectivity index (χ0) is 33.3. The van der Waals surface area contributed by atoms with Crippen LogP contribution in [0.2, 0.25) is 0 Å². The number of hydrogen-bond acceptors (Lipinski definition) is 2. The fourth-order valence-electron chi connectivity index (χ4n) is 7.52. The van der Waals surface area contributed by atoms with Crippen molar-refractivity contribution in [1.82, 2.24) is 0 Å². The molecule has 240 valence electrons. The van der Waals surface area contributed by atoms with Crippen molar-refractivity contribution in [3.63, 3.8) is 0 Å². The SMILES string of the molecule is C1=CCC(c2ccc(Nc3ccccc3C3C=CC=C(c4cccc(-c5cccc(-c6ccc7sc8ccccc8c7c6)c5)c4)C3)cc2)C=C1. The molecule has 0 bridgehead atoms. The number of benzene rings is 6. The zero-order valence-corrected chi connectivity index (χ0v) is 28.6. The molecule has 1 N–H and O–H groups in total. The summed E-state index contributed by atoms with van der Waals surface area (Å²) in [4.78, 5) is 0. The van der Waals surface area contributed by atoms with E-state index in [4.69, 9.17) is 0 Å². The van der Waals surface area contributed by atoms with Gasteiger partial charge in [0.1, 0.15) is 0 Å². The molecule has 1 nitrogen and oxygen atoms in total. The van der Waals surface area contributed by atoms with Crippen molar-refractivity contribution in [2.24, 2.45) is 0 Å². The molecule has 50 heavy (non-hydrogen) atoms. The molecular weight excluding hydrogens is 623 g/mol. The Morgan fingerprint density at radius 2 is 1.22 bits per heavy atom. The molecule has 2 atom stereocenters. The average Bonchev–Trinajstić information content (AvgIpc) is 3.57. The predicted octanol–water partition coefficient (Wildman–Crippen LogP) is 13.9. The molecule has 9 rings (SSSR count). The van der Waals surface area contributed by atoms with Crippen molar-refractivity contribution < 1.29 is 0 Å². The van der Waals surface area contributed by atoms with Gasteiger partial charge in [0.15, 0.2) is 0 Å². The highest BCUT2D eigenvalue weighted by molar-refractivity contribution is 7.25. The normalized spacial score (nSPS) is 16.9. The van der Waals surface area contributed by atoms with Gasteiger partial charge in [0.25, 0.3) is 0 Å². The minimum atomic E-state index is 0.284. The summed E-state index contributed by atoms with van der Waals surface area (Å²) in [5, 5.41) is 6.41. The number of thiophene rings is 1. The monoisotopic (exact) mass is 659 g/mol. The summed E-state index contributed by atoms with van der Waals surface area (Å²) in [7, 11) is 0. The molecule has 7 aromatic rings. The molecular formula is C48H37NS. The number of allylic oxidation sites excluding steroid dienone is 8. The van der Waals surface area contributed by atoms with Gasteiger partial charge in [-0.1, -0.05) is 134 Å². The number of nitrogens with one attached hydrogen (secondary N) is 1. The molecule has 0 radical (unpaired) electrons. The molecule has 0 aliphatic heterocycles. The van der Waals surface area contributed by atoms with E-state index < -0.39 is 0 Å². The first kappa shape index (κ1) is 30.4. The molecule has 1 heterocycles. The van der Waals surface area contributed by atoms with Crippen LogP contribution in [0.1, 0.15) is 41.4 Å². The van der Waals surface area contributed by atoms with Crippen LogP contribution >= 0.6 is 11.3 Å². The summed E-state index contributed by atoms with van der Waals surface area (Å²) in [6, 6.07) is 51.4. The number of para-hydroxylation sites is 1. The molecule has 1 aromatic heterocycles. The predicted molar refractivity (Wildman–Crippen MR) is 216 cm³/mol. The van der Waals surface area contributed by atoms with E-state index in [-0.39, 0.29) is 5.92 Å². The average molecular weight is 660 g/mol. The van der Waals surface area contributed by atoms with Crippen LogP contribution < -0.4 is 5.32 Å². The van der Waals surface area contributed by atoms with Gasteiger partial charge >= 0.3 is 0 Å². The van der Waals surface area contributed by atoms with E-state index >= 15 is 0 Å². The minimum Gasteiger partial charge on any atom is -0.355 e. The maximum absolute atomic E-state index is 3.74. The lowest BCUT2D eigenvalue weighted by atomic mass is 9.84. The lowest BCUT2D eigenvalue weighted by molar-refractivity contribution is 0.854. The Morgan fingerprint density at radius 3 is 2.04 bits per heavy atom. The Kier molecular flexibility index (Phi) is 8.08. The van der Waals surface area contributed by atoms with Crippen molar-refractivity contribution in [2.45, 2.75) is 24.7 Å².